The lowest BCUT2D eigenvalue weighted by Gasteiger charge is -2.46. The highest BCUT2D eigenvalue weighted by Gasteiger charge is 2.39. The van der Waals surface area contributed by atoms with Crippen molar-refractivity contribution in [3.05, 3.63) is 12.3 Å². The lowest BCUT2D eigenvalue weighted by atomic mass is 9.77. The van der Waals surface area contributed by atoms with E-state index < -0.39 is 0 Å². The van der Waals surface area contributed by atoms with E-state index in [2.05, 4.69) is 11.5 Å². The smallest absolute Gasteiger partial charge is 0.226 e. The molecule has 0 saturated carbocycles. The van der Waals surface area contributed by atoms with Gasteiger partial charge in [-0.15, -0.1) is 0 Å². The van der Waals surface area contributed by atoms with Crippen molar-refractivity contribution in [1.82, 2.24) is 4.90 Å². The third-order valence-electron chi connectivity index (χ3n) is 3.08. The summed E-state index contributed by atoms with van der Waals surface area (Å²) < 4.78 is 0. The quantitative estimate of drug-likeness (QED) is 0.610. The van der Waals surface area contributed by atoms with Gasteiger partial charge < -0.3 is 10.6 Å². The fourth-order valence-corrected chi connectivity index (χ4v) is 2.39. The molecule has 0 aromatic rings. The predicted octanol–water partition coefficient (Wildman–Crippen LogP) is 0.327. The lowest BCUT2D eigenvalue weighted by Crippen LogP contribution is -2.49. The molecule has 1 atom stereocenters. The van der Waals surface area contributed by atoms with E-state index in [1.165, 1.54) is 0 Å². The molecule has 66 valence electrons. The van der Waals surface area contributed by atoms with Crippen molar-refractivity contribution < 1.29 is 4.79 Å². The molecule has 12 heavy (non-hydrogen) atoms. The number of carbonyl (C=O) groups excluding carboxylic acids is 1. The highest BCUT2D eigenvalue weighted by molar-refractivity contribution is 5.80. The minimum atomic E-state index is -0.200. The summed E-state index contributed by atoms with van der Waals surface area (Å²) in [5, 5.41) is 0. The van der Waals surface area contributed by atoms with Gasteiger partial charge in [0.05, 0.1) is 5.92 Å². The van der Waals surface area contributed by atoms with E-state index in [4.69, 9.17) is 5.73 Å². The minimum Gasteiger partial charge on any atom is -0.375 e. The highest BCUT2D eigenvalue weighted by Crippen LogP contribution is 2.38. The Labute approximate surface area is 72.2 Å². The van der Waals surface area contributed by atoms with Crippen molar-refractivity contribution in [1.29, 1.82) is 0 Å². The van der Waals surface area contributed by atoms with Crippen LogP contribution in [0.4, 0.5) is 0 Å². The van der Waals surface area contributed by atoms with Crippen molar-refractivity contribution in [3.8, 4) is 0 Å². The number of rotatable bonds is 1. The summed E-state index contributed by atoms with van der Waals surface area (Å²) in [5.74, 6) is 0.196. The van der Waals surface area contributed by atoms with E-state index in [1.807, 2.05) is 0 Å². The second-order valence-electron chi connectivity index (χ2n) is 3.70. The standard InChI is InChI=1S/C9H14N2O/c1-6-8(9(10)12)7-2-4-11(6)5-3-7/h7-8H,1-5H2,(H2,10,12). The van der Waals surface area contributed by atoms with Crippen molar-refractivity contribution >= 4 is 5.91 Å². The Kier molecular flexibility index (Phi) is 1.60. The number of amides is 1. The van der Waals surface area contributed by atoms with Crippen LogP contribution in [0, 0.1) is 11.8 Å². The Morgan fingerprint density at radius 1 is 1.50 bits per heavy atom. The molecule has 1 amide bonds. The first-order valence-electron chi connectivity index (χ1n) is 4.43. The molecule has 0 aromatic carbocycles. The fraction of sp³-hybridized carbons (Fsp3) is 0.667. The molecule has 3 aliphatic rings. The monoisotopic (exact) mass is 166 g/mol. The summed E-state index contributed by atoms with van der Waals surface area (Å²) in [4.78, 5) is 13.3. The molecule has 0 spiro atoms. The second kappa shape index (κ2) is 2.51. The first-order chi connectivity index (χ1) is 5.70. The predicted molar refractivity (Wildman–Crippen MR) is 46.1 cm³/mol. The van der Waals surface area contributed by atoms with Gasteiger partial charge in [0.25, 0.3) is 0 Å². The van der Waals surface area contributed by atoms with Crippen molar-refractivity contribution in [2.24, 2.45) is 17.6 Å². The minimum absolute atomic E-state index is 0.0764. The number of fused-ring (bicyclic) bond motifs is 3. The number of nitrogens with zero attached hydrogens (tertiary/aromatic N) is 1. The Hall–Kier alpha value is -0.990. The number of piperidine rings is 3. The SMILES string of the molecule is C=C1C(C(N)=O)C2CCN1CC2. The van der Waals surface area contributed by atoms with Crippen LogP contribution in [-0.4, -0.2) is 23.9 Å². The molecule has 3 nitrogen and oxygen atoms in total. The normalized spacial score (nSPS) is 34.0. The molecular formula is C9H14N2O. The molecule has 2 N–H and O–H groups in total. The maximum Gasteiger partial charge on any atom is 0.226 e. The van der Waals surface area contributed by atoms with Gasteiger partial charge in [0.15, 0.2) is 0 Å². The molecule has 3 rings (SSSR count). The number of hydrogen-bond donors (Lipinski definition) is 1. The van der Waals surface area contributed by atoms with Crippen molar-refractivity contribution in [2.45, 2.75) is 12.8 Å². The Balaban J connectivity index is 2.24. The van der Waals surface area contributed by atoms with E-state index in [1.54, 1.807) is 0 Å². The molecule has 1 unspecified atom stereocenters. The number of primary amides is 1. The molecule has 0 aliphatic carbocycles. The summed E-state index contributed by atoms with van der Waals surface area (Å²) >= 11 is 0. The van der Waals surface area contributed by atoms with Gasteiger partial charge >= 0.3 is 0 Å². The average Bonchev–Trinajstić information content (AvgIpc) is 2.05. The number of nitrogens with two attached hydrogens (primary N) is 1. The van der Waals surface area contributed by atoms with Gasteiger partial charge in [-0.3, -0.25) is 4.79 Å². The second-order valence-corrected chi connectivity index (χ2v) is 3.70. The van der Waals surface area contributed by atoms with Crippen LogP contribution in [0.5, 0.6) is 0 Å². The van der Waals surface area contributed by atoms with Gasteiger partial charge in [-0.1, -0.05) is 6.58 Å². The molecule has 2 bridgehead atoms. The van der Waals surface area contributed by atoms with E-state index in [0.717, 1.165) is 31.6 Å². The summed E-state index contributed by atoms with van der Waals surface area (Å²) in [6, 6.07) is 0. The van der Waals surface area contributed by atoms with Crippen molar-refractivity contribution in [2.75, 3.05) is 13.1 Å². The van der Waals surface area contributed by atoms with Gasteiger partial charge in [-0.05, 0) is 18.8 Å². The Bertz CT molecular complexity index is 229. The maximum atomic E-state index is 11.1. The van der Waals surface area contributed by atoms with Crippen LogP contribution < -0.4 is 5.73 Å². The van der Waals surface area contributed by atoms with Gasteiger partial charge in [-0.2, -0.15) is 0 Å². The number of carbonyl (C=O) groups is 1. The van der Waals surface area contributed by atoms with E-state index >= 15 is 0 Å². The highest BCUT2D eigenvalue weighted by atomic mass is 16.1. The van der Waals surface area contributed by atoms with Gasteiger partial charge in [-0.25, -0.2) is 0 Å². The van der Waals surface area contributed by atoms with Crippen LogP contribution in [0.25, 0.3) is 0 Å². The zero-order chi connectivity index (χ0) is 8.72. The van der Waals surface area contributed by atoms with Gasteiger partial charge in [0.1, 0.15) is 0 Å². The molecule has 0 radical (unpaired) electrons. The first kappa shape index (κ1) is 7.65. The summed E-state index contributed by atoms with van der Waals surface area (Å²) in [7, 11) is 0. The zero-order valence-corrected chi connectivity index (χ0v) is 7.12. The molecular weight excluding hydrogens is 152 g/mol. The first-order valence-corrected chi connectivity index (χ1v) is 4.43. The third kappa shape index (κ3) is 0.924. The Morgan fingerprint density at radius 2 is 2.08 bits per heavy atom. The van der Waals surface area contributed by atoms with Gasteiger partial charge in [0, 0.05) is 18.8 Å². The molecule has 3 aliphatic heterocycles. The largest absolute Gasteiger partial charge is 0.375 e. The topological polar surface area (TPSA) is 46.3 Å². The summed E-state index contributed by atoms with van der Waals surface area (Å²) in [6.45, 7) is 6.05. The summed E-state index contributed by atoms with van der Waals surface area (Å²) in [6.07, 6.45) is 2.21. The van der Waals surface area contributed by atoms with Crippen LogP contribution in [0.1, 0.15) is 12.8 Å². The van der Waals surface area contributed by atoms with E-state index in [9.17, 15) is 4.79 Å². The van der Waals surface area contributed by atoms with Crippen LogP contribution in [0.3, 0.4) is 0 Å². The van der Waals surface area contributed by atoms with Crippen LogP contribution in [-0.2, 0) is 4.79 Å². The van der Waals surface area contributed by atoms with Crippen LogP contribution in [0.15, 0.2) is 12.3 Å². The molecule has 3 saturated heterocycles. The van der Waals surface area contributed by atoms with Crippen molar-refractivity contribution in [3.63, 3.8) is 0 Å². The van der Waals surface area contributed by atoms with E-state index in [0.29, 0.717) is 5.92 Å². The number of hydrogen-bond acceptors (Lipinski definition) is 2. The third-order valence-corrected chi connectivity index (χ3v) is 3.08. The molecule has 3 fully saturated rings. The molecule has 0 aromatic heterocycles. The maximum absolute atomic E-state index is 11.1. The Morgan fingerprint density at radius 3 is 2.42 bits per heavy atom. The molecule has 3 heterocycles. The fourth-order valence-electron chi connectivity index (χ4n) is 2.39. The molecule has 3 heteroatoms. The summed E-state index contributed by atoms with van der Waals surface area (Å²) in [5.41, 5.74) is 6.27. The van der Waals surface area contributed by atoms with Crippen LogP contribution >= 0.6 is 0 Å². The zero-order valence-electron chi connectivity index (χ0n) is 7.12. The van der Waals surface area contributed by atoms with Gasteiger partial charge in [0.2, 0.25) is 5.91 Å². The van der Waals surface area contributed by atoms with Crippen LogP contribution in [0.2, 0.25) is 0 Å². The average molecular weight is 166 g/mol. The lowest BCUT2D eigenvalue weighted by molar-refractivity contribution is -0.125. The van der Waals surface area contributed by atoms with E-state index in [-0.39, 0.29) is 11.8 Å².